The molecule has 1 aliphatic rings. The van der Waals surface area contributed by atoms with E-state index in [2.05, 4.69) is 0 Å². The van der Waals surface area contributed by atoms with Crippen LogP contribution in [-0.4, -0.2) is 81.1 Å². The van der Waals surface area contributed by atoms with Crippen molar-refractivity contribution in [1.82, 2.24) is 9.80 Å². The predicted molar refractivity (Wildman–Crippen MR) is 137 cm³/mol. The Bertz CT molecular complexity index is 952. The molecule has 0 saturated heterocycles. The van der Waals surface area contributed by atoms with Crippen molar-refractivity contribution in [2.75, 3.05) is 13.1 Å². The van der Waals surface area contributed by atoms with Gasteiger partial charge in [-0.2, -0.15) is 0 Å². The number of nitrogens with zero attached hydrogens (tertiary/aromatic N) is 2. The predicted octanol–water partition coefficient (Wildman–Crippen LogP) is 1.70. The molecule has 0 radical (unpaired) electrons. The lowest BCUT2D eigenvalue weighted by molar-refractivity contribution is -0.151. The molecule has 3 amide bonds. The second-order valence-electron chi connectivity index (χ2n) is 9.39. The normalized spacial score (nSPS) is 14.9. The molecule has 0 aromatic heterocycles. The molecule has 1 fully saturated rings. The van der Waals surface area contributed by atoms with E-state index < -0.39 is 54.9 Å². The first-order valence-electron chi connectivity index (χ1n) is 12.9. The topological polar surface area (TPSA) is 194 Å². The lowest BCUT2D eigenvalue weighted by Gasteiger charge is -2.30. The molecule has 0 spiro atoms. The van der Waals surface area contributed by atoms with Crippen LogP contribution in [-0.2, 0) is 30.5 Å². The average Bonchev–Trinajstić information content (AvgIpc) is 3.43. The third kappa shape index (κ3) is 9.42. The fourth-order valence-electron chi connectivity index (χ4n) is 4.52. The number of ether oxygens (including phenoxy) is 1. The van der Waals surface area contributed by atoms with Crippen LogP contribution in [0, 0.1) is 0 Å². The highest BCUT2D eigenvalue weighted by Crippen LogP contribution is 2.25. The molecular weight excluding hydrogens is 496 g/mol. The number of rotatable bonds is 15. The molecule has 2 rings (SSSR count). The number of amides is 3. The van der Waals surface area contributed by atoms with Gasteiger partial charge in [-0.05, 0) is 44.2 Å². The van der Waals surface area contributed by atoms with E-state index in [0.717, 1.165) is 12.8 Å². The summed E-state index contributed by atoms with van der Waals surface area (Å²) in [4.78, 5) is 64.5. The summed E-state index contributed by atoms with van der Waals surface area (Å²) in [7, 11) is 0. The standard InChI is InChI=1S/C26H38N4O8/c27-15-7-6-12-20(28)24(34)30(26(37)38-17-18-8-2-1-3-9-18)21(25(35)36)13-14-22(31)29(16-23(32)33)19-10-4-5-11-19/h1-3,8-9,19-21H,4-7,10-17,27-28H2,(H,32,33)(H,35,36)/t20-,21+/m0/s1. The van der Waals surface area contributed by atoms with Gasteiger partial charge in [0.15, 0.2) is 0 Å². The Kier molecular flexibility index (Phi) is 12.7. The van der Waals surface area contributed by atoms with E-state index >= 15 is 0 Å². The molecule has 38 heavy (non-hydrogen) atoms. The maximum absolute atomic E-state index is 13.2. The van der Waals surface area contributed by atoms with Crippen LogP contribution >= 0.6 is 0 Å². The number of hydrogen-bond acceptors (Lipinski definition) is 8. The number of unbranched alkanes of at least 4 members (excludes halogenated alkanes) is 1. The van der Waals surface area contributed by atoms with E-state index in [1.165, 1.54) is 4.90 Å². The van der Waals surface area contributed by atoms with Gasteiger partial charge in [0.1, 0.15) is 19.2 Å². The number of carbonyl (C=O) groups excluding carboxylic acids is 3. The molecule has 1 saturated carbocycles. The summed E-state index contributed by atoms with van der Waals surface area (Å²) in [5, 5.41) is 19.2. The average molecular weight is 535 g/mol. The van der Waals surface area contributed by atoms with Crippen molar-refractivity contribution in [3.8, 4) is 0 Å². The number of carboxylic acids is 2. The maximum atomic E-state index is 13.2. The van der Waals surface area contributed by atoms with Gasteiger partial charge < -0.3 is 31.3 Å². The van der Waals surface area contributed by atoms with Crippen LogP contribution in [0.2, 0.25) is 0 Å². The van der Waals surface area contributed by atoms with E-state index in [9.17, 15) is 34.2 Å². The summed E-state index contributed by atoms with van der Waals surface area (Å²) in [6.07, 6.45) is 2.34. The molecule has 0 unspecified atom stereocenters. The highest BCUT2D eigenvalue weighted by atomic mass is 16.6. The lowest BCUT2D eigenvalue weighted by atomic mass is 10.0. The van der Waals surface area contributed by atoms with Crippen LogP contribution in [0.25, 0.3) is 0 Å². The molecule has 12 nitrogen and oxygen atoms in total. The summed E-state index contributed by atoms with van der Waals surface area (Å²) < 4.78 is 5.26. The smallest absolute Gasteiger partial charge is 0.417 e. The molecule has 1 aromatic rings. The first kappa shape index (κ1) is 30.7. The number of imide groups is 1. The van der Waals surface area contributed by atoms with Gasteiger partial charge in [0.2, 0.25) is 11.8 Å². The minimum atomic E-state index is -1.73. The summed E-state index contributed by atoms with van der Waals surface area (Å²) in [6, 6.07) is 5.49. The van der Waals surface area contributed by atoms with Crippen molar-refractivity contribution in [3.05, 3.63) is 35.9 Å². The van der Waals surface area contributed by atoms with Crippen LogP contribution in [0.5, 0.6) is 0 Å². The Morgan fingerprint density at radius 1 is 1.00 bits per heavy atom. The second kappa shape index (κ2) is 15.7. The Hall–Kier alpha value is -3.51. The van der Waals surface area contributed by atoms with Gasteiger partial charge in [0.25, 0.3) is 0 Å². The van der Waals surface area contributed by atoms with Crippen LogP contribution in [0.4, 0.5) is 4.79 Å². The Morgan fingerprint density at radius 2 is 1.66 bits per heavy atom. The van der Waals surface area contributed by atoms with Gasteiger partial charge >= 0.3 is 18.0 Å². The first-order valence-corrected chi connectivity index (χ1v) is 12.9. The van der Waals surface area contributed by atoms with Crippen LogP contribution < -0.4 is 11.5 Å². The van der Waals surface area contributed by atoms with E-state index in [1.807, 2.05) is 0 Å². The zero-order valence-corrected chi connectivity index (χ0v) is 21.5. The van der Waals surface area contributed by atoms with Crippen molar-refractivity contribution in [2.24, 2.45) is 11.5 Å². The molecule has 0 heterocycles. The molecule has 0 bridgehead atoms. The summed E-state index contributed by atoms with van der Waals surface area (Å²) in [6.45, 7) is -0.322. The Morgan fingerprint density at radius 3 is 2.24 bits per heavy atom. The molecule has 6 N–H and O–H groups in total. The molecule has 210 valence electrons. The van der Waals surface area contributed by atoms with Crippen molar-refractivity contribution in [2.45, 2.75) is 82.5 Å². The highest BCUT2D eigenvalue weighted by molar-refractivity contribution is 5.99. The zero-order chi connectivity index (χ0) is 28.1. The van der Waals surface area contributed by atoms with Gasteiger partial charge in [0.05, 0.1) is 6.04 Å². The van der Waals surface area contributed by atoms with Crippen molar-refractivity contribution in [1.29, 1.82) is 0 Å². The highest BCUT2D eigenvalue weighted by Gasteiger charge is 2.39. The van der Waals surface area contributed by atoms with Gasteiger partial charge in [0, 0.05) is 12.5 Å². The fourth-order valence-corrected chi connectivity index (χ4v) is 4.52. The number of hydrogen-bond donors (Lipinski definition) is 4. The minimum absolute atomic E-state index is 0.178. The Balaban J connectivity index is 2.21. The maximum Gasteiger partial charge on any atom is 0.417 e. The monoisotopic (exact) mass is 534 g/mol. The van der Waals surface area contributed by atoms with Crippen LogP contribution in [0.3, 0.4) is 0 Å². The van der Waals surface area contributed by atoms with E-state index in [4.69, 9.17) is 16.2 Å². The van der Waals surface area contributed by atoms with Crippen molar-refractivity contribution >= 4 is 29.8 Å². The molecule has 1 aromatic carbocycles. The number of aliphatic carboxylic acids is 2. The van der Waals surface area contributed by atoms with Gasteiger partial charge in [-0.3, -0.25) is 14.4 Å². The largest absolute Gasteiger partial charge is 0.480 e. The summed E-state index contributed by atoms with van der Waals surface area (Å²) in [5.41, 5.74) is 12.1. The fraction of sp³-hybridized carbons (Fsp3) is 0.577. The molecule has 0 aliphatic heterocycles. The summed E-state index contributed by atoms with van der Waals surface area (Å²) in [5.74, 6) is -4.17. The number of benzene rings is 1. The third-order valence-electron chi connectivity index (χ3n) is 6.55. The van der Waals surface area contributed by atoms with E-state index in [1.54, 1.807) is 30.3 Å². The molecule has 12 heteroatoms. The number of nitrogens with two attached hydrogens (primary N) is 2. The van der Waals surface area contributed by atoms with E-state index in [-0.39, 0.29) is 25.5 Å². The van der Waals surface area contributed by atoms with Crippen LogP contribution in [0.1, 0.15) is 63.4 Å². The van der Waals surface area contributed by atoms with Crippen molar-refractivity contribution < 1.29 is 38.9 Å². The zero-order valence-electron chi connectivity index (χ0n) is 21.5. The van der Waals surface area contributed by atoms with Gasteiger partial charge in [-0.25, -0.2) is 14.5 Å². The first-order chi connectivity index (χ1) is 18.1. The summed E-state index contributed by atoms with van der Waals surface area (Å²) >= 11 is 0. The third-order valence-corrected chi connectivity index (χ3v) is 6.55. The van der Waals surface area contributed by atoms with Crippen LogP contribution in [0.15, 0.2) is 30.3 Å². The molecule has 2 atom stereocenters. The number of carbonyl (C=O) groups is 5. The second-order valence-corrected chi connectivity index (χ2v) is 9.39. The van der Waals surface area contributed by atoms with Gasteiger partial charge in [-0.1, -0.05) is 49.6 Å². The molecule has 1 aliphatic carbocycles. The van der Waals surface area contributed by atoms with Gasteiger partial charge in [-0.15, -0.1) is 0 Å². The SMILES string of the molecule is NCCCC[C@H](N)C(=O)N(C(=O)OCc1ccccc1)[C@H](CCC(=O)N(CC(=O)O)C1CCCC1)C(=O)O. The van der Waals surface area contributed by atoms with Crippen molar-refractivity contribution in [3.63, 3.8) is 0 Å². The number of carboxylic acid groups (broad SMARTS) is 2. The molecular formula is C26H38N4O8. The lowest BCUT2D eigenvalue weighted by Crippen LogP contribution is -2.54. The van der Waals surface area contributed by atoms with E-state index in [0.29, 0.717) is 42.7 Å². The minimum Gasteiger partial charge on any atom is -0.480 e. The quantitative estimate of drug-likeness (QED) is 0.241. The Labute approximate surface area is 221 Å².